The van der Waals surface area contributed by atoms with Crippen molar-refractivity contribution in [2.24, 2.45) is 11.3 Å². The van der Waals surface area contributed by atoms with Crippen LogP contribution in [0.15, 0.2) is 54.6 Å². The molecule has 2 aliphatic rings. The van der Waals surface area contributed by atoms with Gasteiger partial charge in [0.05, 0.1) is 5.41 Å². The Bertz CT molecular complexity index is 843. The maximum Gasteiger partial charge on any atom is 0.228 e. The van der Waals surface area contributed by atoms with Crippen LogP contribution in [0.2, 0.25) is 0 Å². The minimum atomic E-state index is -0.536. The first-order valence-corrected chi connectivity index (χ1v) is 10.3. The summed E-state index contributed by atoms with van der Waals surface area (Å²) in [5.74, 6) is 0.492. The number of amides is 2. The van der Waals surface area contributed by atoms with Crippen LogP contribution in [-0.2, 0) is 16.0 Å². The molecule has 1 aliphatic heterocycles. The second-order valence-electron chi connectivity index (χ2n) is 8.24. The molecule has 0 bridgehead atoms. The van der Waals surface area contributed by atoms with E-state index in [0.29, 0.717) is 13.0 Å². The highest BCUT2D eigenvalue weighted by Crippen LogP contribution is 2.38. The van der Waals surface area contributed by atoms with Gasteiger partial charge in [0.25, 0.3) is 0 Å². The molecule has 4 nitrogen and oxygen atoms in total. The van der Waals surface area contributed by atoms with Crippen molar-refractivity contribution in [2.45, 2.75) is 32.1 Å². The molecule has 4 rings (SSSR count). The molecule has 1 aliphatic carbocycles. The Morgan fingerprint density at radius 1 is 1.04 bits per heavy atom. The lowest BCUT2D eigenvalue weighted by atomic mass is 9.74. The van der Waals surface area contributed by atoms with E-state index in [4.69, 9.17) is 0 Å². The fourth-order valence-corrected chi connectivity index (χ4v) is 4.42. The quantitative estimate of drug-likeness (QED) is 0.866. The van der Waals surface area contributed by atoms with Gasteiger partial charge in [-0.2, -0.15) is 0 Å². The zero-order chi connectivity index (χ0) is 19.6. The largest absolute Gasteiger partial charge is 0.359 e. The van der Waals surface area contributed by atoms with Gasteiger partial charge >= 0.3 is 0 Å². The minimum absolute atomic E-state index is 0.0490. The number of carbonyl (C=O) groups is 2. The maximum absolute atomic E-state index is 12.9. The zero-order valence-electron chi connectivity index (χ0n) is 16.5. The highest BCUT2D eigenvalue weighted by molar-refractivity contribution is 5.86. The molecule has 0 spiro atoms. The number of likely N-dealkylation sites (tertiary alicyclic amines) is 1. The van der Waals surface area contributed by atoms with Gasteiger partial charge in [0, 0.05) is 26.1 Å². The molecule has 28 heavy (non-hydrogen) atoms. The van der Waals surface area contributed by atoms with Crippen molar-refractivity contribution < 1.29 is 9.59 Å². The average molecular weight is 377 g/mol. The first-order valence-electron chi connectivity index (χ1n) is 10.3. The van der Waals surface area contributed by atoms with E-state index in [1.54, 1.807) is 7.05 Å². The average Bonchev–Trinajstić information content (AvgIpc) is 3.59. The summed E-state index contributed by atoms with van der Waals surface area (Å²) in [5.41, 5.74) is 2.97. The molecular formula is C24H28N2O2. The third kappa shape index (κ3) is 3.82. The third-order valence-corrected chi connectivity index (χ3v) is 6.13. The minimum Gasteiger partial charge on any atom is -0.359 e. The number of carbonyl (C=O) groups excluding carboxylic acids is 2. The van der Waals surface area contributed by atoms with Crippen LogP contribution >= 0.6 is 0 Å². The zero-order valence-corrected chi connectivity index (χ0v) is 16.5. The van der Waals surface area contributed by atoms with E-state index in [1.165, 1.54) is 11.1 Å². The van der Waals surface area contributed by atoms with Crippen molar-refractivity contribution in [2.75, 3.05) is 20.1 Å². The van der Waals surface area contributed by atoms with Crippen molar-refractivity contribution in [1.29, 1.82) is 0 Å². The number of piperidine rings is 1. The van der Waals surface area contributed by atoms with Crippen LogP contribution in [0.3, 0.4) is 0 Å². The summed E-state index contributed by atoms with van der Waals surface area (Å²) < 4.78 is 0. The predicted octanol–water partition coefficient (Wildman–Crippen LogP) is 3.66. The standard InChI is InChI=1S/C24H28N2O2/c1-25-23(28)24(14-5-15-26(17-24)22(27)21-12-13-21)16-18-8-10-20(11-9-18)19-6-3-2-4-7-19/h2-4,6-11,21H,5,12-17H2,1H3,(H,25,28). The lowest BCUT2D eigenvalue weighted by Crippen LogP contribution is -2.54. The first kappa shape index (κ1) is 18.7. The second-order valence-corrected chi connectivity index (χ2v) is 8.24. The van der Waals surface area contributed by atoms with Gasteiger partial charge in [-0.3, -0.25) is 9.59 Å². The van der Waals surface area contributed by atoms with E-state index in [1.807, 2.05) is 23.1 Å². The number of nitrogens with zero attached hydrogens (tertiary/aromatic N) is 1. The van der Waals surface area contributed by atoms with Gasteiger partial charge in [-0.15, -0.1) is 0 Å². The van der Waals surface area contributed by atoms with Gasteiger partial charge in [0.15, 0.2) is 0 Å². The summed E-state index contributed by atoms with van der Waals surface area (Å²) in [5, 5.41) is 2.86. The van der Waals surface area contributed by atoms with Crippen molar-refractivity contribution >= 4 is 11.8 Å². The SMILES string of the molecule is CNC(=O)C1(Cc2ccc(-c3ccccc3)cc2)CCCN(C(=O)C2CC2)C1. The van der Waals surface area contributed by atoms with Gasteiger partial charge in [0.1, 0.15) is 0 Å². The van der Waals surface area contributed by atoms with Crippen molar-refractivity contribution in [3.8, 4) is 11.1 Å². The van der Waals surface area contributed by atoms with Crippen LogP contribution in [0.5, 0.6) is 0 Å². The predicted molar refractivity (Wildman–Crippen MR) is 111 cm³/mol. The van der Waals surface area contributed by atoms with Gasteiger partial charge in [-0.25, -0.2) is 0 Å². The first-order chi connectivity index (χ1) is 13.6. The summed E-state index contributed by atoms with van der Waals surface area (Å²) in [6.07, 6.45) is 4.37. The van der Waals surface area contributed by atoms with Crippen LogP contribution in [0.1, 0.15) is 31.2 Å². The Labute approximate surface area is 166 Å². The summed E-state index contributed by atoms with van der Waals surface area (Å²) in [6.45, 7) is 1.31. The molecule has 146 valence electrons. The topological polar surface area (TPSA) is 49.4 Å². The number of hydrogen-bond donors (Lipinski definition) is 1. The molecule has 1 saturated carbocycles. The summed E-state index contributed by atoms with van der Waals surface area (Å²) in [7, 11) is 1.70. The van der Waals surface area contributed by atoms with Crippen molar-refractivity contribution in [1.82, 2.24) is 10.2 Å². The highest BCUT2D eigenvalue weighted by Gasteiger charge is 2.45. The molecule has 1 atom stereocenters. The van der Waals surface area contributed by atoms with E-state index < -0.39 is 5.41 Å². The molecule has 4 heteroatoms. The van der Waals surface area contributed by atoms with Crippen molar-refractivity contribution in [3.63, 3.8) is 0 Å². The van der Waals surface area contributed by atoms with E-state index in [9.17, 15) is 9.59 Å². The maximum atomic E-state index is 12.9. The molecule has 1 heterocycles. The van der Waals surface area contributed by atoms with Crippen LogP contribution in [-0.4, -0.2) is 36.9 Å². The lowest BCUT2D eigenvalue weighted by Gasteiger charge is -2.41. The second kappa shape index (κ2) is 7.78. The monoisotopic (exact) mass is 376 g/mol. The lowest BCUT2D eigenvalue weighted by molar-refractivity contribution is -0.142. The van der Waals surface area contributed by atoms with Gasteiger partial charge in [-0.1, -0.05) is 54.6 Å². The Kier molecular flexibility index (Phi) is 5.21. The van der Waals surface area contributed by atoms with Crippen molar-refractivity contribution in [3.05, 3.63) is 60.2 Å². The van der Waals surface area contributed by atoms with E-state index in [0.717, 1.165) is 37.8 Å². The third-order valence-electron chi connectivity index (χ3n) is 6.13. The Morgan fingerprint density at radius 2 is 1.71 bits per heavy atom. The molecule has 1 unspecified atom stereocenters. The highest BCUT2D eigenvalue weighted by atomic mass is 16.2. The van der Waals surface area contributed by atoms with Gasteiger partial charge in [0.2, 0.25) is 11.8 Å². The number of hydrogen-bond acceptors (Lipinski definition) is 2. The van der Waals surface area contributed by atoms with E-state index in [-0.39, 0.29) is 17.7 Å². The molecule has 2 fully saturated rings. The molecule has 1 saturated heterocycles. The fraction of sp³-hybridized carbons (Fsp3) is 0.417. The molecule has 2 aromatic rings. The molecule has 1 N–H and O–H groups in total. The normalized spacial score (nSPS) is 22.0. The van der Waals surface area contributed by atoms with E-state index in [2.05, 4.69) is 41.7 Å². The summed E-state index contributed by atoms with van der Waals surface area (Å²) in [6, 6.07) is 18.8. The Morgan fingerprint density at radius 3 is 2.36 bits per heavy atom. The van der Waals surface area contributed by atoms with E-state index >= 15 is 0 Å². The summed E-state index contributed by atoms with van der Waals surface area (Å²) >= 11 is 0. The Balaban J connectivity index is 1.54. The molecule has 0 aromatic heterocycles. The van der Waals surface area contributed by atoms with Crippen LogP contribution in [0.25, 0.3) is 11.1 Å². The van der Waals surface area contributed by atoms with Crippen LogP contribution < -0.4 is 5.32 Å². The molecule has 2 amide bonds. The van der Waals surface area contributed by atoms with Gasteiger partial charge < -0.3 is 10.2 Å². The molecule has 2 aromatic carbocycles. The molecular weight excluding hydrogens is 348 g/mol. The Hall–Kier alpha value is -2.62. The number of benzene rings is 2. The van der Waals surface area contributed by atoms with Crippen LogP contribution in [0, 0.1) is 11.3 Å². The summed E-state index contributed by atoms with van der Waals surface area (Å²) in [4.78, 5) is 27.4. The smallest absolute Gasteiger partial charge is 0.228 e. The van der Waals surface area contributed by atoms with Crippen LogP contribution in [0.4, 0.5) is 0 Å². The van der Waals surface area contributed by atoms with Gasteiger partial charge in [-0.05, 0) is 48.8 Å². The molecule has 0 radical (unpaired) electrons. The number of nitrogens with one attached hydrogen (secondary N) is 1. The number of rotatable bonds is 5. The fourth-order valence-electron chi connectivity index (χ4n) is 4.42.